The van der Waals surface area contributed by atoms with Crippen LogP contribution < -0.4 is 5.73 Å². The van der Waals surface area contributed by atoms with Crippen molar-refractivity contribution in [3.63, 3.8) is 0 Å². The summed E-state index contributed by atoms with van der Waals surface area (Å²) in [6.07, 6.45) is 0. The number of aromatic nitrogens is 1. The van der Waals surface area contributed by atoms with Crippen LogP contribution in [-0.2, 0) is 0 Å². The molecule has 0 spiro atoms. The minimum Gasteiger partial charge on any atom is -0.367 e. The van der Waals surface area contributed by atoms with Gasteiger partial charge in [-0.3, -0.25) is 0 Å². The van der Waals surface area contributed by atoms with Crippen molar-refractivity contribution in [3.05, 3.63) is 58.9 Å². The van der Waals surface area contributed by atoms with Gasteiger partial charge in [0.1, 0.15) is 11.5 Å². The number of nitrogens with two attached hydrogens (primary N) is 1. The molecule has 1 aromatic heterocycles. The third-order valence-electron chi connectivity index (χ3n) is 3.30. The average molecular weight is 303 g/mol. The maximum absolute atomic E-state index is 14.3. The molecule has 0 bridgehead atoms. The van der Waals surface area contributed by atoms with Gasteiger partial charge < -0.3 is 10.3 Å². The van der Waals surface area contributed by atoms with Crippen molar-refractivity contribution in [3.8, 4) is 22.4 Å². The van der Waals surface area contributed by atoms with E-state index in [0.29, 0.717) is 27.4 Å². The Bertz CT molecular complexity index is 797. The first kappa shape index (κ1) is 13.6. The number of benzene rings is 2. The highest BCUT2D eigenvalue weighted by Crippen LogP contribution is 2.37. The van der Waals surface area contributed by atoms with Gasteiger partial charge in [0.2, 0.25) is 5.88 Å². The summed E-state index contributed by atoms with van der Waals surface area (Å²) in [4.78, 5) is 0. The molecule has 0 atom stereocenters. The molecule has 3 nitrogen and oxygen atoms in total. The highest BCUT2D eigenvalue weighted by Gasteiger charge is 2.20. The van der Waals surface area contributed by atoms with E-state index in [1.165, 1.54) is 0 Å². The van der Waals surface area contributed by atoms with Crippen molar-refractivity contribution in [1.29, 1.82) is 0 Å². The van der Waals surface area contributed by atoms with Gasteiger partial charge in [-0.05, 0) is 36.2 Å². The smallest absolute Gasteiger partial charge is 0.230 e. The molecule has 0 radical (unpaired) electrons. The number of rotatable bonds is 2. The van der Waals surface area contributed by atoms with Gasteiger partial charge in [-0.25, -0.2) is 4.39 Å². The highest BCUT2D eigenvalue weighted by molar-refractivity contribution is 6.30. The lowest BCUT2D eigenvalue weighted by Gasteiger charge is -2.05. The summed E-state index contributed by atoms with van der Waals surface area (Å²) in [7, 11) is 0. The summed E-state index contributed by atoms with van der Waals surface area (Å²) in [5.41, 5.74) is 8.48. The van der Waals surface area contributed by atoms with E-state index in [4.69, 9.17) is 21.9 Å². The van der Waals surface area contributed by atoms with E-state index in [1.807, 2.05) is 0 Å². The third kappa shape index (κ3) is 2.38. The maximum atomic E-state index is 14.3. The normalized spacial score (nSPS) is 10.8. The van der Waals surface area contributed by atoms with Crippen LogP contribution in [0.4, 0.5) is 10.3 Å². The fraction of sp³-hybridized carbons (Fsp3) is 0.0625. The van der Waals surface area contributed by atoms with Gasteiger partial charge in [-0.1, -0.05) is 41.0 Å². The molecule has 0 saturated carbocycles. The van der Waals surface area contributed by atoms with Gasteiger partial charge in [0.25, 0.3) is 0 Å². The fourth-order valence-electron chi connectivity index (χ4n) is 2.21. The predicted molar refractivity (Wildman–Crippen MR) is 81.5 cm³/mol. The Kier molecular flexibility index (Phi) is 3.39. The number of halogens is 2. The van der Waals surface area contributed by atoms with Crippen molar-refractivity contribution in [2.24, 2.45) is 0 Å². The van der Waals surface area contributed by atoms with Crippen molar-refractivity contribution < 1.29 is 8.91 Å². The first-order chi connectivity index (χ1) is 10.1. The van der Waals surface area contributed by atoms with Gasteiger partial charge in [0.15, 0.2) is 0 Å². The molecule has 3 rings (SSSR count). The minimum absolute atomic E-state index is 0.147. The average Bonchev–Trinajstić information content (AvgIpc) is 2.85. The maximum Gasteiger partial charge on any atom is 0.230 e. The number of hydrogen-bond donors (Lipinski definition) is 1. The first-order valence-corrected chi connectivity index (χ1v) is 6.72. The van der Waals surface area contributed by atoms with Crippen LogP contribution in [0.3, 0.4) is 0 Å². The van der Waals surface area contributed by atoms with Gasteiger partial charge in [-0.2, -0.15) is 0 Å². The Hall–Kier alpha value is -2.33. The summed E-state index contributed by atoms with van der Waals surface area (Å²) in [6, 6.07) is 12.2. The van der Waals surface area contributed by atoms with Gasteiger partial charge in [-0.15, -0.1) is 0 Å². The summed E-state index contributed by atoms with van der Waals surface area (Å²) in [5, 5.41) is 4.52. The van der Waals surface area contributed by atoms with Crippen LogP contribution in [-0.4, -0.2) is 5.16 Å². The van der Waals surface area contributed by atoms with Crippen LogP contribution in [0.2, 0.25) is 5.02 Å². The molecule has 0 aliphatic rings. The lowest BCUT2D eigenvalue weighted by Crippen LogP contribution is -1.92. The van der Waals surface area contributed by atoms with Crippen LogP contribution in [0.1, 0.15) is 5.56 Å². The van der Waals surface area contributed by atoms with E-state index < -0.39 is 0 Å². The Morgan fingerprint density at radius 3 is 2.57 bits per heavy atom. The largest absolute Gasteiger partial charge is 0.367 e. The SMILES string of the molecule is Cc1cccc(-c2noc(N)c2-c2ccc(Cl)cc2)c1F. The van der Waals surface area contributed by atoms with Crippen LogP contribution in [0, 0.1) is 12.7 Å². The zero-order chi connectivity index (χ0) is 15.0. The highest BCUT2D eigenvalue weighted by atomic mass is 35.5. The summed E-state index contributed by atoms with van der Waals surface area (Å²) in [5.74, 6) is -0.186. The second-order valence-electron chi connectivity index (χ2n) is 4.71. The summed E-state index contributed by atoms with van der Waals surface area (Å²) in [6.45, 7) is 1.70. The lowest BCUT2D eigenvalue weighted by molar-refractivity contribution is 0.439. The zero-order valence-electron chi connectivity index (χ0n) is 11.2. The molecule has 2 N–H and O–H groups in total. The lowest BCUT2D eigenvalue weighted by atomic mass is 9.99. The minimum atomic E-state index is -0.332. The Balaban J connectivity index is 2.22. The fourth-order valence-corrected chi connectivity index (χ4v) is 2.34. The van der Waals surface area contributed by atoms with Crippen molar-refractivity contribution >= 4 is 17.5 Å². The van der Waals surface area contributed by atoms with E-state index in [-0.39, 0.29) is 11.7 Å². The summed E-state index contributed by atoms with van der Waals surface area (Å²) >= 11 is 5.89. The van der Waals surface area contributed by atoms with E-state index in [2.05, 4.69) is 5.16 Å². The summed E-state index contributed by atoms with van der Waals surface area (Å²) < 4.78 is 19.4. The third-order valence-corrected chi connectivity index (χ3v) is 3.55. The Labute approximate surface area is 126 Å². The van der Waals surface area contributed by atoms with E-state index in [1.54, 1.807) is 49.4 Å². The molecule has 3 aromatic rings. The molecule has 5 heteroatoms. The molecule has 0 aliphatic carbocycles. The van der Waals surface area contributed by atoms with Crippen LogP contribution in [0.25, 0.3) is 22.4 Å². The van der Waals surface area contributed by atoms with Crippen molar-refractivity contribution in [2.45, 2.75) is 6.92 Å². The molecule has 2 aromatic carbocycles. The topological polar surface area (TPSA) is 52.0 Å². The predicted octanol–water partition coefficient (Wildman–Crippen LogP) is 4.69. The van der Waals surface area contributed by atoms with Crippen LogP contribution in [0.5, 0.6) is 0 Å². The second-order valence-corrected chi connectivity index (χ2v) is 5.15. The molecular weight excluding hydrogens is 291 g/mol. The number of nitrogens with zero attached hydrogens (tertiary/aromatic N) is 1. The number of nitrogen functional groups attached to an aromatic ring is 1. The molecular formula is C16H12ClFN2O. The standard InChI is InChI=1S/C16H12ClFN2O/c1-9-3-2-4-12(14(9)18)15-13(16(19)21-20-15)10-5-7-11(17)8-6-10/h2-8H,19H2,1H3. The molecule has 0 unspecified atom stereocenters. The van der Waals surface area contributed by atoms with Crippen molar-refractivity contribution in [1.82, 2.24) is 5.16 Å². The number of hydrogen-bond acceptors (Lipinski definition) is 3. The zero-order valence-corrected chi connectivity index (χ0v) is 12.0. The van der Waals surface area contributed by atoms with Gasteiger partial charge >= 0.3 is 0 Å². The number of anilines is 1. The quantitative estimate of drug-likeness (QED) is 0.747. The van der Waals surface area contributed by atoms with Gasteiger partial charge in [0, 0.05) is 10.6 Å². The molecule has 1 heterocycles. The second kappa shape index (κ2) is 5.22. The Morgan fingerprint density at radius 2 is 1.86 bits per heavy atom. The van der Waals surface area contributed by atoms with E-state index in [0.717, 1.165) is 5.56 Å². The molecule has 106 valence electrons. The first-order valence-electron chi connectivity index (χ1n) is 6.34. The molecule has 0 saturated heterocycles. The molecule has 0 fully saturated rings. The number of aryl methyl sites for hydroxylation is 1. The van der Waals surface area contributed by atoms with E-state index >= 15 is 0 Å². The van der Waals surface area contributed by atoms with Crippen LogP contribution >= 0.6 is 11.6 Å². The Morgan fingerprint density at radius 1 is 1.14 bits per heavy atom. The molecule has 0 amide bonds. The van der Waals surface area contributed by atoms with Crippen LogP contribution in [0.15, 0.2) is 47.0 Å². The van der Waals surface area contributed by atoms with Gasteiger partial charge in [0.05, 0.1) is 5.56 Å². The van der Waals surface area contributed by atoms with Crippen molar-refractivity contribution in [2.75, 3.05) is 5.73 Å². The van der Waals surface area contributed by atoms with E-state index in [9.17, 15) is 4.39 Å². The monoisotopic (exact) mass is 302 g/mol. The molecule has 21 heavy (non-hydrogen) atoms. The molecule has 0 aliphatic heterocycles.